The van der Waals surface area contributed by atoms with Crippen LogP contribution in [0.15, 0.2) is 36.4 Å². The Morgan fingerprint density at radius 1 is 1.16 bits per heavy atom. The molecule has 0 saturated heterocycles. The number of rotatable bonds is 7. The van der Waals surface area contributed by atoms with Crippen molar-refractivity contribution >= 4 is 22.6 Å². The van der Waals surface area contributed by atoms with E-state index in [0.717, 1.165) is 22.3 Å². The first-order chi connectivity index (χ1) is 12.2. The number of carbonyl (C=O) groups is 1. The van der Waals surface area contributed by atoms with Crippen molar-refractivity contribution in [1.82, 2.24) is 20.5 Å². The van der Waals surface area contributed by atoms with Gasteiger partial charge >= 0.3 is 0 Å². The topological polar surface area (TPSA) is 91.9 Å². The maximum absolute atomic E-state index is 12.3. The minimum absolute atomic E-state index is 0.147. The Labute approximate surface area is 145 Å². The molecule has 7 heteroatoms. The van der Waals surface area contributed by atoms with Gasteiger partial charge in [-0.1, -0.05) is 0 Å². The molecule has 0 radical (unpaired) electrons. The number of aromatic nitrogens is 3. The summed E-state index contributed by atoms with van der Waals surface area (Å²) in [7, 11) is 0. The molecule has 25 heavy (non-hydrogen) atoms. The van der Waals surface area contributed by atoms with Crippen molar-refractivity contribution in [1.29, 1.82) is 0 Å². The number of nitrogens with zero attached hydrogens (tertiary/aromatic N) is 2. The van der Waals surface area contributed by atoms with Crippen LogP contribution in [0, 0.1) is 6.92 Å². The van der Waals surface area contributed by atoms with E-state index in [1.54, 1.807) is 0 Å². The number of carbonyl (C=O) groups excluding carboxylic acids is 1. The van der Waals surface area contributed by atoms with E-state index in [1.807, 2.05) is 50.2 Å². The van der Waals surface area contributed by atoms with Gasteiger partial charge < -0.3 is 20.4 Å². The van der Waals surface area contributed by atoms with Gasteiger partial charge in [0, 0.05) is 30.1 Å². The fourth-order valence-electron chi connectivity index (χ4n) is 2.44. The summed E-state index contributed by atoms with van der Waals surface area (Å²) in [6, 6.07) is 11.3. The number of ether oxygens (including phenoxy) is 1. The number of nitrogens with one attached hydrogen (secondary N) is 3. The van der Waals surface area contributed by atoms with Crippen LogP contribution in [0.25, 0.3) is 10.9 Å². The average Bonchev–Trinajstić information content (AvgIpc) is 3.04. The highest BCUT2D eigenvalue weighted by Crippen LogP contribution is 2.21. The quantitative estimate of drug-likeness (QED) is 0.575. The zero-order chi connectivity index (χ0) is 17.6. The fraction of sp³-hybridized carbons (Fsp3) is 0.278. The summed E-state index contributed by atoms with van der Waals surface area (Å²) in [5.41, 5.74) is 2.27. The van der Waals surface area contributed by atoms with Crippen LogP contribution in [0.1, 0.15) is 23.1 Å². The third kappa shape index (κ3) is 4.26. The molecule has 0 unspecified atom stereocenters. The SMILES string of the molecule is CCOc1ccc2cc(C(=O)NCCNc3ccc(C)nn3)[nH]c2c1. The first-order valence-electron chi connectivity index (χ1n) is 8.23. The zero-order valence-electron chi connectivity index (χ0n) is 14.3. The van der Waals surface area contributed by atoms with Crippen molar-refractivity contribution in [2.24, 2.45) is 0 Å². The van der Waals surface area contributed by atoms with Crippen LogP contribution in [-0.4, -0.2) is 40.8 Å². The number of hydrogen-bond acceptors (Lipinski definition) is 5. The summed E-state index contributed by atoms with van der Waals surface area (Å²) < 4.78 is 5.47. The second-order valence-electron chi connectivity index (χ2n) is 5.61. The van der Waals surface area contributed by atoms with Gasteiger partial charge in [0.15, 0.2) is 0 Å². The Kier molecular flexibility index (Phi) is 5.13. The molecular formula is C18H21N5O2. The molecular weight excluding hydrogens is 318 g/mol. The molecule has 0 aliphatic heterocycles. The summed E-state index contributed by atoms with van der Waals surface area (Å²) in [6.45, 7) is 5.48. The van der Waals surface area contributed by atoms with Crippen LogP contribution >= 0.6 is 0 Å². The smallest absolute Gasteiger partial charge is 0.267 e. The largest absolute Gasteiger partial charge is 0.494 e. The number of amides is 1. The second kappa shape index (κ2) is 7.65. The number of H-pyrrole nitrogens is 1. The van der Waals surface area contributed by atoms with Gasteiger partial charge in [-0.25, -0.2) is 0 Å². The zero-order valence-corrected chi connectivity index (χ0v) is 14.3. The van der Waals surface area contributed by atoms with Crippen LogP contribution in [0.4, 0.5) is 5.82 Å². The van der Waals surface area contributed by atoms with E-state index in [-0.39, 0.29) is 5.91 Å². The highest BCUT2D eigenvalue weighted by Gasteiger charge is 2.09. The third-order valence-electron chi connectivity index (χ3n) is 3.66. The van der Waals surface area contributed by atoms with Crippen molar-refractivity contribution < 1.29 is 9.53 Å². The lowest BCUT2D eigenvalue weighted by Gasteiger charge is -2.06. The third-order valence-corrected chi connectivity index (χ3v) is 3.66. The normalized spacial score (nSPS) is 10.6. The highest BCUT2D eigenvalue weighted by molar-refractivity contribution is 5.98. The van der Waals surface area contributed by atoms with Gasteiger partial charge in [0.1, 0.15) is 17.3 Å². The molecule has 3 rings (SSSR count). The fourth-order valence-corrected chi connectivity index (χ4v) is 2.44. The molecule has 7 nitrogen and oxygen atoms in total. The lowest BCUT2D eigenvalue weighted by Crippen LogP contribution is -2.29. The van der Waals surface area contributed by atoms with Crippen molar-refractivity contribution in [3.05, 3.63) is 47.8 Å². The molecule has 2 aromatic heterocycles. The lowest BCUT2D eigenvalue weighted by atomic mass is 10.2. The van der Waals surface area contributed by atoms with Crippen LogP contribution in [0.2, 0.25) is 0 Å². The van der Waals surface area contributed by atoms with E-state index in [9.17, 15) is 4.79 Å². The molecule has 0 aliphatic carbocycles. The van der Waals surface area contributed by atoms with Gasteiger partial charge in [-0.2, -0.15) is 5.10 Å². The summed E-state index contributed by atoms with van der Waals surface area (Å²) >= 11 is 0. The van der Waals surface area contributed by atoms with E-state index in [1.165, 1.54) is 0 Å². The number of aryl methyl sites for hydroxylation is 1. The maximum atomic E-state index is 12.3. The Morgan fingerprint density at radius 2 is 2.04 bits per heavy atom. The van der Waals surface area contributed by atoms with E-state index in [4.69, 9.17) is 4.74 Å². The van der Waals surface area contributed by atoms with Crippen molar-refractivity contribution in [3.63, 3.8) is 0 Å². The molecule has 0 bridgehead atoms. The average molecular weight is 339 g/mol. The van der Waals surface area contributed by atoms with E-state index >= 15 is 0 Å². The molecule has 0 atom stereocenters. The van der Waals surface area contributed by atoms with E-state index < -0.39 is 0 Å². The molecule has 3 aromatic rings. The van der Waals surface area contributed by atoms with Gasteiger partial charge in [0.2, 0.25) is 0 Å². The number of fused-ring (bicyclic) bond motifs is 1. The van der Waals surface area contributed by atoms with Crippen molar-refractivity contribution in [2.45, 2.75) is 13.8 Å². The standard InChI is InChI=1S/C18H21N5O2/c1-3-25-14-6-5-13-10-16(21-15(13)11-14)18(24)20-9-8-19-17-7-4-12(2)22-23-17/h4-7,10-11,21H,3,8-9H2,1-2H3,(H,19,23)(H,20,24). The molecule has 1 amide bonds. The Morgan fingerprint density at radius 3 is 2.80 bits per heavy atom. The van der Waals surface area contributed by atoms with Gasteiger partial charge in [-0.05, 0) is 44.2 Å². The lowest BCUT2D eigenvalue weighted by molar-refractivity contribution is 0.0951. The van der Waals surface area contributed by atoms with Crippen molar-refractivity contribution in [3.8, 4) is 5.75 Å². The summed E-state index contributed by atoms with van der Waals surface area (Å²) in [5.74, 6) is 1.33. The highest BCUT2D eigenvalue weighted by atomic mass is 16.5. The van der Waals surface area contributed by atoms with E-state index in [2.05, 4.69) is 25.8 Å². The molecule has 0 saturated carbocycles. The van der Waals surface area contributed by atoms with E-state index in [0.29, 0.717) is 31.2 Å². The molecule has 0 spiro atoms. The number of aromatic amines is 1. The van der Waals surface area contributed by atoms with Gasteiger partial charge in [0.05, 0.1) is 12.3 Å². The molecule has 0 fully saturated rings. The van der Waals surface area contributed by atoms with Crippen LogP contribution in [0.5, 0.6) is 5.75 Å². The molecule has 0 aliphatic rings. The Bertz CT molecular complexity index is 858. The molecule has 2 heterocycles. The minimum Gasteiger partial charge on any atom is -0.494 e. The summed E-state index contributed by atoms with van der Waals surface area (Å²) in [5, 5.41) is 14.9. The summed E-state index contributed by atoms with van der Waals surface area (Å²) in [4.78, 5) is 15.4. The molecule has 130 valence electrons. The predicted molar refractivity (Wildman–Crippen MR) is 97.1 cm³/mol. The Balaban J connectivity index is 1.54. The molecule has 3 N–H and O–H groups in total. The maximum Gasteiger partial charge on any atom is 0.267 e. The number of benzene rings is 1. The van der Waals surface area contributed by atoms with Gasteiger partial charge in [0.25, 0.3) is 5.91 Å². The molecule has 1 aromatic carbocycles. The Hall–Kier alpha value is -3.09. The predicted octanol–water partition coefficient (Wildman–Crippen LogP) is 2.51. The monoisotopic (exact) mass is 339 g/mol. The minimum atomic E-state index is -0.147. The first-order valence-corrected chi connectivity index (χ1v) is 8.23. The van der Waals surface area contributed by atoms with Crippen molar-refractivity contribution in [2.75, 3.05) is 25.0 Å². The number of hydrogen-bond donors (Lipinski definition) is 3. The van der Waals surface area contributed by atoms with Crippen LogP contribution < -0.4 is 15.4 Å². The summed E-state index contributed by atoms with van der Waals surface area (Å²) in [6.07, 6.45) is 0. The first kappa shape index (κ1) is 16.8. The number of anilines is 1. The van der Waals surface area contributed by atoms with Gasteiger partial charge in [-0.3, -0.25) is 4.79 Å². The van der Waals surface area contributed by atoms with Gasteiger partial charge in [-0.15, -0.1) is 5.10 Å². The van der Waals surface area contributed by atoms with Crippen LogP contribution in [-0.2, 0) is 0 Å². The van der Waals surface area contributed by atoms with Crippen LogP contribution in [0.3, 0.4) is 0 Å². The second-order valence-corrected chi connectivity index (χ2v) is 5.61.